The van der Waals surface area contributed by atoms with E-state index < -0.39 is 5.66 Å². The topological polar surface area (TPSA) is 90.4 Å². The third kappa shape index (κ3) is 4.56. The number of hydrogen-bond acceptors (Lipinski definition) is 8. The molecule has 2 aliphatic heterocycles. The molecule has 1 fully saturated rings. The summed E-state index contributed by atoms with van der Waals surface area (Å²) in [5, 5.41) is 12.0. The fourth-order valence-corrected chi connectivity index (χ4v) is 4.32. The summed E-state index contributed by atoms with van der Waals surface area (Å²) in [4.78, 5) is 6.83. The van der Waals surface area contributed by atoms with Gasteiger partial charge in [-0.05, 0) is 68.8 Å². The number of hydrogen-bond donors (Lipinski definition) is 2. The Bertz CT molecular complexity index is 1130. The second-order valence-corrected chi connectivity index (χ2v) is 8.79. The van der Waals surface area contributed by atoms with Crippen LogP contribution in [0, 0.1) is 11.2 Å². The molecule has 0 amide bonds. The minimum Gasteiger partial charge on any atom is -0.495 e. The van der Waals surface area contributed by atoms with Crippen LogP contribution in [0.15, 0.2) is 53.2 Å². The van der Waals surface area contributed by atoms with Crippen LogP contribution in [0.5, 0.6) is 5.75 Å². The third-order valence-corrected chi connectivity index (χ3v) is 5.73. The number of benzene rings is 2. The maximum Gasteiger partial charge on any atom is 0.188 e. The molecule has 9 heteroatoms. The van der Waals surface area contributed by atoms with Gasteiger partial charge in [-0.3, -0.25) is 10.0 Å². The van der Waals surface area contributed by atoms with Gasteiger partial charge in [-0.15, -0.1) is 0 Å². The van der Waals surface area contributed by atoms with Gasteiger partial charge in [0.05, 0.1) is 38.2 Å². The smallest absolute Gasteiger partial charge is 0.188 e. The largest absolute Gasteiger partial charge is 0.495 e. The van der Waals surface area contributed by atoms with Gasteiger partial charge in [0.15, 0.2) is 11.6 Å². The van der Waals surface area contributed by atoms with E-state index in [9.17, 15) is 4.39 Å². The Morgan fingerprint density at radius 1 is 1.29 bits per heavy atom. The number of hydrazine groups is 1. The van der Waals surface area contributed by atoms with E-state index in [2.05, 4.69) is 10.0 Å². The van der Waals surface area contributed by atoms with Crippen molar-refractivity contribution in [1.29, 1.82) is 5.41 Å². The number of anilines is 2. The number of rotatable bonds is 7. The number of fused-ring (bicyclic) bond motifs is 1. The highest BCUT2D eigenvalue weighted by molar-refractivity contribution is 6.03. The maximum atomic E-state index is 13.5. The first-order valence-electron chi connectivity index (χ1n) is 11.2. The number of methoxy groups -OCH3 is 1. The molecule has 0 spiro atoms. The average Bonchev–Trinajstić information content (AvgIpc) is 3.09. The van der Waals surface area contributed by atoms with Crippen molar-refractivity contribution in [2.24, 2.45) is 10.7 Å². The number of amidine groups is 1. The van der Waals surface area contributed by atoms with Crippen molar-refractivity contribution < 1.29 is 13.9 Å². The van der Waals surface area contributed by atoms with E-state index >= 15 is 0 Å². The van der Waals surface area contributed by atoms with Crippen LogP contribution in [0.3, 0.4) is 0 Å². The predicted molar refractivity (Wildman–Crippen MR) is 134 cm³/mol. The highest BCUT2D eigenvalue weighted by Gasteiger charge is 2.43. The number of morpholine rings is 1. The van der Waals surface area contributed by atoms with Crippen molar-refractivity contribution in [2.75, 3.05) is 43.4 Å². The number of aliphatic imine (C=N–C) groups is 1. The number of ether oxygens (including phenoxy) is 2. The molecule has 34 heavy (non-hydrogen) atoms. The van der Waals surface area contributed by atoms with Crippen molar-refractivity contribution in [3.8, 4) is 5.75 Å². The normalized spacial score (nSPS) is 17.8. The molecule has 180 valence electrons. The molecule has 2 heterocycles. The van der Waals surface area contributed by atoms with Crippen LogP contribution in [-0.2, 0) is 4.74 Å². The van der Waals surface area contributed by atoms with Gasteiger partial charge >= 0.3 is 0 Å². The van der Waals surface area contributed by atoms with Crippen LogP contribution < -0.4 is 20.4 Å². The predicted octanol–water partition coefficient (Wildman–Crippen LogP) is 3.84. The van der Waals surface area contributed by atoms with E-state index in [1.165, 1.54) is 12.1 Å². The summed E-state index contributed by atoms with van der Waals surface area (Å²) < 4.78 is 25.2. The first kappa shape index (κ1) is 23.6. The molecule has 3 N–H and O–H groups in total. The van der Waals surface area contributed by atoms with Crippen molar-refractivity contribution >= 4 is 29.0 Å². The Hall–Kier alpha value is -3.59. The molecule has 0 bridgehead atoms. The Morgan fingerprint density at radius 2 is 2.03 bits per heavy atom. The minimum atomic E-state index is -0.562. The van der Waals surface area contributed by atoms with E-state index in [0.29, 0.717) is 36.9 Å². The summed E-state index contributed by atoms with van der Waals surface area (Å²) in [6.45, 7) is 7.61. The number of halogens is 1. The fourth-order valence-electron chi connectivity index (χ4n) is 4.32. The van der Waals surface area contributed by atoms with Crippen LogP contribution >= 0.6 is 0 Å². The van der Waals surface area contributed by atoms with Gasteiger partial charge in [-0.2, -0.15) is 0 Å². The summed E-state index contributed by atoms with van der Waals surface area (Å²) in [5.74, 6) is 1.78. The van der Waals surface area contributed by atoms with Gasteiger partial charge in [0, 0.05) is 5.71 Å². The van der Waals surface area contributed by atoms with Gasteiger partial charge < -0.3 is 25.5 Å². The first-order chi connectivity index (χ1) is 16.2. The van der Waals surface area contributed by atoms with Crippen LogP contribution in [-0.4, -0.2) is 55.7 Å². The summed E-state index contributed by atoms with van der Waals surface area (Å²) in [7, 11) is 1.62. The SMILES string of the molecule is COc1cc(C=C2OCCN3C2=NC(C)(C)N3c2ccc(F)cc2)ccc1N(CN)CC(C)=N. The molecule has 0 atom stereocenters. The van der Waals surface area contributed by atoms with E-state index in [-0.39, 0.29) is 12.5 Å². The lowest BCUT2D eigenvalue weighted by Gasteiger charge is -2.40. The van der Waals surface area contributed by atoms with Gasteiger partial charge in [0.1, 0.15) is 23.8 Å². The van der Waals surface area contributed by atoms with Gasteiger partial charge in [0.25, 0.3) is 0 Å². The standard InChI is InChI=1S/C25H31FN6O2/c1-17(28)15-30(16-27)21-10-5-18(13-22(21)33-4)14-23-24-29-25(2,3)32(31(24)11-12-34-23)20-8-6-19(26)7-9-20/h5-10,13-14,28H,11-12,15-16,27H2,1-4H3. The van der Waals surface area contributed by atoms with Crippen molar-refractivity contribution in [3.63, 3.8) is 0 Å². The monoisotopic (exact) mass is 466 g/mol. The fraction of sp³-hybridized carbons (Fsp3) is 0.360. The summed E-state index contributed by atoms with van der Waals surface area (Å²) >= 11 is 0. The highest BCUT2D eigenvalue weighted by Crippen LogP contribution is 2.37. The van der Waals surface area contributed by atoms with E-state index in [1.807, 2.05) is 43.0 Å². The molecule has 0 saturated carbocycles. The molecule has 2 aliphatic rings. The average molecular weight is 467 g/mol. The highest BCUT2D eigenvalue weighted by atomic mass is 19.1. The zero-order valence-corrected chi connectivity index (χ0v) is 20.0. The Balaban J connectivity index is 1.66. The lowest BCUT2D eigenvalue weighted by atomic mass is 10.1. The van der Waals surface area contributed by atoms with Crippen LogP contribution in [0.2, 0.25) is 0 Å². The zero-order valence-electron chi connectivity index (χ0n) is 20.0. The number of nitrogens with one attached hydrogen (secondary N) is 1. The van der Waals surface area contributed by atoms with Crippen molar-refractivity contribution in [2.45, 2.75) is 26.4 Å². The molecule has 1 saturated heterocycles. The van der Waals surface area contributed by atoms with Gasteiger partial charge in [-0.25, -0.2) is 9.38 Å². The number of nitrogens with two attached hydrogens (primary N) is 1. The molecule has 2 aromatic carbocycles. The summed E-state index contributed by atoms with van der Waals surface area (Å²) in [6, 6.07) is 12.3. The third-order valence-electron chi connectivity index (χ3n) is 5.73. The van der Waals surface area contributed by atoms with Gasteiger partial charge in [0.2, 0.25) is 0 Å². The van der Waals surface area contributed by atoms with Crippen LogP contribution in [0.4, 0.5) is 15.8 Å². The second kappa shape index (κ2) is 9.34. The van der Waals surface area contributed by atoms with Crippen molar-refractivity contribution in [1.82, 2.24) is 5.01 Å². The van der Waals surface area contributed by atoms with E-state index in [0.717, 1.165) is 22.8 Å². The van der Waals surface area contributed by atoms with E-state index in [4.69, 9.17) is 25.6 Å². The van der Waals surface area contributed by atoms with E-state index in [1.54, 1.807) is 26.2 Å². The summed E-state index contributed by atoms with van der Waals surface area (Å²) in [5.41, 5.74) is 8.44. The zero-order chi connectivity index (χ0) is 24.5. The molecule has 2 aromatic rings. The molecular formula is C25H31FN6O2. The Kier molecular flexibility index (Phi) is 6.47. The summed E-state index contributed by atoms with van der Waals surface area (Å²) in [6.07, 6.45) is 1.94. The molecule has 8 nitrogen and oxygen atoms in total. The van der Waals surface area contributed by atoms with Crippen molar-refractivity contribution in [3.05, 3.63) is 59.6 Å². The molecule has 0 radical (unpaired) electrons. The second-order valence-electron chi connectivity index (χ2n) is 8.79. The molecular weight excluding hydrogens is 435 g/mol. The lowest BCUT2D eigenvalue weighted by molar-refractivity contribution is 0.164. The van der Waals surface area contributed by atoms with Crippen LogP contribution in [0.1, 0.15) is 26.3 Å². The Morgan fingerprint density at radius 3 is 2.68 bits per heavy atom. The molecule has 4 rings (SSSR count). The Labute approximate surface area is 199 Å². The van der Waals surface area contributed by atoms with Gasteiger partial charge in [-0.1, -0.05) is 6.07 Å². The van der Waals surface area contributed by atoms with Crippen LogP contribution in [0.25, 0.3) is 6.08 Å². The maximum absolute atomic E-state index is 13.5. The number of nitrogens with zero attached hydrogens (tertiary/aromatic N) is 4. The quantitative estimate of drug-likeness (QED) is 0.476. The molecule has 0 unspecified atom stereocenters. The molecule has 0 aromatic heterocycles. The lowest BCUT2D eigenvalue weighted by Crippen LogP contribution is -2.52. The minimum absolute atomic E-state index is 0.272. The first-order valence-corrected chi connectivity index (χ1v) is 11.2. The molecule has 0 aliphatic carbocycles.